The predicted octanol–water partition coefficient (Wildman–Crippen LogP) is 9.04. The number of pyridine rings is 1. The molecule has 1 aliphatic rings. The van der Waals surface area contributed by atoms with Crippen molar-refractivity contribution in [3.63, 3.8) is 0 Å². The monoisotopic (exact) mass is 461 g/mol. The molecule has 1 N–H and O–H groups in total. The van der Waals surface area contributed by atoms with Gasteiger partial charge in [-0.1, -0.05) is 100 Å². The molecule has 3 nitrogen and oxygen atoms in total. The number of benzene rings is 1. The van der Waals surface area contributed by atoms with Crippen molar-refractivity contribution < 1.29 is 0 Å². The average molecular weight is 462 g/mol. The molecule has 3 rings (SSSR count). The highest BCUT2D eigenvalue weighted by molar-refractivity contribution is 6.33. The largest absolute Gasteiger partial charge is 0.382 e. The van der Waals surface area contributed by atoms with E-state index in [2.05, 4.69) is 73.9 Å². The lowest BCUT2D eigenvalue weighted by Gasteiger charge is -2.17. The standard InChI is InChI=1S/C29H36ClN3/c1-5-8-22(9-6-2)18-19-32-27-20-26(30)28(33-29(27)31-4)25-16-14-24(15-17-25)23-12-10-21(7-3)11-13-23/h7,10,12,14-17,20,22,32H,3-6,8-9,11,13,18-19H2,1-2H3. The van der Waals surface area contributed by atoms with Crippen LogP contribution in [0.1, 0.15) is 64.4 Å². The molecule has 0 radical (unpaired) electrons. The summed E-state index contributed by atoms with van der Waals surface area (Å²) in [5, 5.41) is 4.11. The molecule has 4 heteroatoms. The van der Waals surface area contributed by atoms with Gasteiger partial charge in [0.2, 0.25) is 0 Å². The molecule has 0 saturated heterocycles. The summed E-state index contributed by atoms with van der Waals surface area (Å²) < 4.78 is 0. The quantitative estimate of drug-likeness (QED) is 0.320. The number of halogens is 1. The van der Waals surface area contributed by atoms with E-state index in [9.17, 15) is 0 Å². The number of aliphatic imine (C=N–C) groups is 1. The molecule has 0 aliphatic heterocycles. The Balaban J connectivity index is 1.74. The van der Waals surface area contributed by atoms with E-state index in [0.717, 1.165) is 48.7 Å². The van der Waals surface area contributed by atoms with Crippen molar-refractivity contribution in [2.75, 3.05) is 11.9 Å². The molecule has 0 bridgehead atoms. The van der Waals surface area contributed by atoms with Crippen LogP contribution in [0.5, 0.6) is 0 Å². The van der Waals surface area contributed by atoms with Crippen LogP contribution in [0.4, 0.5) is 11.5 Å². The highest BCUT2D eigenvalue weighted by Gasteiger charge is 2.14. The number of anilines is 1. The summed E-state index contributed by atoms with van der Waals surface area (Å²) in [7, 11) is 0. The minimum absolute atomic E-state index is 0.595. The molecule has 1 heterocycles. The fraction of sp³-hybridized carbons (Fsp3) is 0.379. The van der Waals surface area contributed by atoms with Crippen molar-refractivity contribution in [1.82, 2.24) is 4.98 Å². The van der Waals surface area contributed by atoms with Crippen LogP contribution in [0.3, 0.4) is 0 Å². The van der Waals surface area contributed by atoms with E-state index < -0.39 is 0 Å². The number of rotatable bonds is 12. The maximum Gasteiger partial charge on any atom is 0.175 e. The fourth-order valence-electron chi connectivity index (χ4n) is 4.50. The van der Waals surface area contributed by atoms with Crippen molar-refractivity contribution in [1.29, 1.82) is 0 Å². The topological polar surface area (TPSA) is 37.3 Å². The maximum absolute atomic E-state index is 6.66. The first-order chi connectivity index (χ1) is 16.1. The lowest BCUT2D eigenvalue weighted by molar-refractivity contribution is 0.421. The normalized spacial score (nSPS) is 13.5. The third-order valence-electron chi connectivity index (χ3n) is 6.34. The van der Waals surface area contributed by atoms with E-state index in [1.54, 1.807) is 0 Å². The van der Waals surface area contributed by atoms with Crippen molar-refractivity contribution in [3.8, 4) is 11.3 Å². The van der Waals surface area contributed by atoms with Gasteiger partial charge < -0.3 is 5.32 Å². The Labute approximate surface area is 204 Å². The van der Waals surface area contributed by atoms with Gasteiger partial charge in [0.05, 0.1) is 16.4 Å². The van der Waals surface area contributed by atoms with Crippen LogP contribution in [-0.2, 0) is 0 Å². The minimum atomic E-state index is 0.595. The van der Waals surface area contributed by atoms with Crippen LogP contribution in [0.15, 0.2) is 65.7 Å². The zero-order valence-corrected chi connectivity index (χ0v) is 20.8. The molecule has 1 aliphatic carbocycles. The number of nitrogens with one attached hydrogen (secondary N) is 1. The summed E-state index contributed by atoms with van der Waals surface area (Å²) in [6.45, 7) is 13.0. The van der Waals surface area contributed by atoms with Crippen LogP contribution < -0.4 is 5.32 Å². The molecule has 0 saturated carbocycles. The number of hydrogen-bond acceptors (Lipinski definition) is 3. The Morgan fingerprint density at radius 1 is 1.06 bits per heavy atom. The Morgan fingerprint density at radius 3 is 2.33 bits per heavy atom. The van der Waals surface area contributed by atoms with Gasteiger partial charge >= 0.3 is 0 Å². The fourth-order valence-corrected chi connectivity index (χ4v) is 4.76. The maximum atomic E-state index is 6.66. The van der Waals surface area contributed by atoms with Crippen molar-refractivity contribution in [3.05, 3.63) is 71.3 Å². The van der Waals surface area contributed by atoms with Crippen LogP contribution in [-0.4, -0.2) is 18.2 Å². The highest BCUT2D eigenvalue weighted by Crippen LogP contribution is 2.35. The Kier molecular flexibility index (Phi) is 9.50. The van der Waals surface area contributed by atoms with Crippen molar-refractivity contribution >= 4 is 35.4 Å². The smallest absolute Gasteiger partial charge is 0.175 e. The second-order valence-corrected chi connectivity index (χ2v) is 9.13. The molecule has 33 heavy (non-hydrogen) atoms. The third kappa shape index (κ3) is 6.68. The second kappa shape index (κ2) is 12.6. The number of allylic oxidation sites excluding steroid dienone is 5. The van der Waals surface area contributed by atoms with Crippen molar-refractivity contribution in [2.45, 2.75) is 58.8 Å². The van der Waals surface area contributed by atoms with Gasteiger partial charge in [0.25, 0.3) is 0 Å². The number of nitrogens with zero attached hydrogens (tertiary/aromatic N) is 2. The minimum Gasteiger partial charge on any atom is -0.382 e. The zero-order valence-electron chi connectivity index (χ0n) is 20.0. The molecule has 0 unspecified atom stereocenters. The van der Waals surface area contributed by atoms with E-state index in [4.69, 9.17) is 16.6 Å². The van der Waals surface area contributed by atoms with Gasteiger partial charge in [0.1, 0.15) is 0 Å². The van der Waals surface area contributed by atoms with E-state index in [-0.39, 0.29) is 0 Å². The first-order valence-corrected chi connectivity index (χ1v) is 12.5. The second-order valence-electron chi connectivity index (χ2n) is 8.72. The summed E-state index contributed by atoms with van der Waals surface area (Å²) in [4.78, 5) is 8.90. The van der Waals surface area contributed by atoms with Crippen LogP contribution >= 0.6 is 11.6 Å². The van der Waals surface area contributed by atoms with Gasteiger partial charge in [-0.3, -0.25) is 0 Å². The summed E-state index contributed by atoms with van der Waals surface area (Å²) in [5.41, 5.74) is 6.41. The first kappa shape index (κ1) is 25.0. The van der Waals surface area contributed by atoms with Crippen LogP contribution in [0, 0.1) is 5.92 Å². The van der Waals surface area contributed by atoms with Gasteiger partial charge in [0, 0.05) is 12.1 Å². The van der Waals surface area contributed by atoms with Crippen molar-refractivity contribution in [2.24, 2.45) is 10.9 Å². The van der Waals surface area contributed by atoms with Gasteiger partial charge in [-0.05, 0) is 54.7 Å². The molecule has 0 spiro atoms. The molecule has 0 amide bonds. The summed E-state index contributed by atoms with van der Waals surface area (Å²) in [6, 6.07) is 10.4. The zero-order chi connectivity index (χ0) is 23.6. The number of hydrogen-bond donors (Lipinski definition) is 1. The van der Waals surface area contributed by atoms with Gasteiger partial charge in [-0.2, -0.15) is 0 Å². The summed E-state index contributed by atoms with van der Waals surface area (Å²) >= 11 is 6.66. The molecular formula is C29H36ClN3. The first-order valence-electron chi connectivity index (χ1n) is 12.1. The van der Waals surface area contributed by atoms with Gasteiger partial charge in [0.15, 0.2) is 5.82 Å². The highest BCUT2D eigenvalue weighted by atomic mass is 35.5. The van der Waals surface area contributed by atoms with E-state index in [0.29, 0.717) is 10.8 Å². The lowest BCUT2D eigenvalue weighted by Crippen LogP contribution is -2.09. The van der Waals surface area contributed by atoms with E-state index >= 15 is 0 Å². The average Bonchev–Trinajstić information content (AvgIpc) is 2.85. The molecular weight excluding hydrogens is 426 g/mol. The van der Waals surface area contributed by atoms with E-state index in [1.807, 2.05) is 12.1 Å². The van der Waals surface area contributed by atoms with Gasteiger partial charge in [-0.25, -0.2) is 9.98 Å². The van der Waals surface area contributed by atoms with E-state index in [1.165, 1.54) is 42.4 Å². The third-order valence-corrected chi connectivity index (χ3v) is 6.63. The Hall–Kier alpha value is -2.65. The van der Waals surface area contributed by atoms with Crippen LogP contribution in [0.2, 0.25) is 5.02 Å². The SMILES string of the molecule is C=CC1=CC=C(c2ccc(-c3nc(N=C)c(NCCC(CCC)CCC)cc3Cl)cc2)CC1. The van der Waals surface area contributed by atoms with Crippen LogP contribution in [0.25, 0.3) is 16.8 Å². The molecule has 2 aromatic rings. The molecule has 1 aromatic carbocycles. The summed E-state index contributed by atoms with van der Waals surface area (Å²) in [6.07, 6.45) is 14.5. The molecule has 0 fully saturated rings. The molecule has 174 valence electrons. The Morgan fingerprint density at radius 2 is 1.76 bits per heavy atom. The van der Waals surface area contributed by atoms with Gasteiger partial charge in [-0.15, -0.1) is 0 Å². The lowest BCUT2D eigenvalue weighted by atomic mass is 9.92. The Bertz CT molecular complexity index is 1010. The molecule has 1 aromatic heterocycles. The summed E-state index contributed by atoms with van der Waals surface area (Å²) in [5.74, 6) is 1.35. The number of aromatic nitrogens is 1. The molecule has 0 atom stereocenters. The predicted molar refractivity (Wildman–Crippen MR) is 146 cm³/mol.